The zero-order valence-electron chi connectivity index (χ0n) is 13.5. The second kappa shape index (κ2) is 5.31. The van der Waals surface area contributed by atoms with E-state index in [9.17, 15) is 0 Å². The lowest BCUT2D eigenvalue weighted by molar-refractivity contribution is 0.438. The van der Waals surface area contributed by atoms with Gasteiger partial charge < -0.3 is 5.32 Å². The molecule has 1 heteroatoms. The van der Waals surface area contributed by atoms with Crippen molar-refractivity contribution >= 4 is 0 Å². The van der Waals surface area contributed by atoms with Crippen LogP contribution in [-0.4, -0.2) is 7.05 Å². The number of nitrogens with one attached hydrogen (secondary N) is 1. The molecule has 0 radical (unpaired) electrons. The van der Waals surface area contributed by atoms with E-state index in [2.05, 4.69) is 81.7 Å². The molecular formula is C20H25N. The highest BCUT2D eigenvalue weighted by molar-refractivity contribution is 5.43. The number of hydrogen-bond acceptors (Lipinski definition) is 1. The van der Waals surface area contributed by atoms with Gasteiger partial charge in [0, 0.05) is 12.0 Å². The lowest BCUT2D eigenvalue weighted by Crippen LogP contribution is -2.31. The Bertz CT molecular complexity index is 619. The molecule has 1 aliphatic rings. The first-order chi connectivity index (χ1) is 10.0. The normalized spacial score (nSPS) is 18.8. The van der Waals surface area contributed by atoms with Crippen LogP contribution in [0.3, 0.4) is 0 Å². The average Bonchev–Trinajstić information content (AvgIpc) is 2.44. The van der Waals surface area contributed by atoms with Crippen molar-refractivity contribution in [3.05, 3.63) is 70.8 Å². The lowest BCUT2D eigenvalue weighted by Gasteiger charge is -2.37. The molecule has 1 N–H and O–H groups in total. The van der Waals surface area contributed by atoms with Crippen molar-refractivity contribution in [3.63, 3.8) is 0 Å². The highest BCUT2D eigenvalue weighted by atomic mass is 14.9. The van der Waals surface area contributed by atoms with Gasteiger partial charge in [0.1, 0.15) is 0 Å². The summed E-state index contributed by atoms with van der Waals surface area (Å²) in [5.74, 6) is 0.603. The molecule has 0 fully saturated rings. The zero-order valence-corrected chi connectivity index (χ0v) is 13.5. The largest absolute Gasteiger partial charge is 0.312 e. The van der Waals surface area contributed by atoms with Crippen LogP contribution in [-0.2, 0) is 11.8 Å². The van der Waals surface area contributed by atoms with Gasteiger partial charge in [0.25, 0.3) is 0 Å². The number of hydrogen-bond donors (Lipinski definition) is 1. The minimum absolute atomic E-state index is 0.219. The molecule has 2 aromatic carbocycles. The van der Waals surface area contributed by atoms with Crippen LogP contribution in [0, 0.1) is 0 Å². The van der Waals surface area contributed by atoms with Crippen molar-refractivity contribution in [3.8, 4) is 0 Å². The van der Waals surface area contributed by atoms with Crippen LogP contribution in [0.1, 0.15) is 55.0 Å². The molecule has 0 spiro atoms. The summed E-state index contributed by atoms with van der Waals surface area (Å²) in [6.45, 7) is 6.79. The molecule has 0 aliphatic heterocycles. The van der Waals surface area contributed by atoms with Crippen molar-refractivity contribution < 1.29 is 0 Å². The number of likely N-dealkylation sites (N-methyl/N-ethyl adjacent to an activating group) is 1. The third kappa shape index (κ3) is 2.63. The summed E-state index contributed by atoms with van der Waals surface area (Å²) in [4.78, 5) is 0. The first-order valence-corrected chi connectivity index (χ1v) is 7.86. The summed E-state index contributed by atoms with van der Waals surface area (Å²) in [6, 6.07) is 18.4. The molecule has 1 nitrogen and oxygen atoms in total. The lowest BCUT2D eigenvalue weighted by atomic mass is 9.71. The van der Waals surface area contributed by atoms with Crippen LogP contribution in [0.5, 0.6) is 0 Å². The number of rotatable bonds is 3. The van der Waals surface area contributed by atoms with Crippen molar-refractivity contribution in [1.82, 2.24) is 5.32 Å². The molecule has 2 atom stereocenters. The Morgan fingerprint density at radius 1 is 1.00 bits per heavy atom. The fourth-order valence-corrected chi connectivity index (χ4v) is 3.39. The third-order valence-electron chi connectivity index (χ3n) is 4.74. The Morgan fingerprint density at radius 2 is 1.67 bits per heavy atom. The molecule has 3 rings (SSSR count). The van der Waals surface area contributed by atoms with E-state index in [0.717, 1.165) is 0 Å². The van der Waals surface area contributed by atoms with Crippen LogP contribution in [0.2, 0.25) is 0 Å². The number of benzene rings is 2. The van der Waals surface area contributed by atoms with Crippen LogP contribution in [0.15, 0.2) is 48.5 Å². The molecule has 2 aromatic rings. The van der Waals surface area contributed by atoms with E-state index < -0.39 is 0 Å². The predicted molar refractivity (Wildman–Crippen MR) is 89.8 cm³/mol. The quantitative estimate of drug-likeness (QED) is 0.867. The Morgan fingerprint density at radius 3 is 2.24 bits per heavy atom. The molecule has 1 aliphatic carbocycles. The second-order valence-corrected chi connectivity index (χ2v) is 7.15. The Balaban J connectivity index is 1.85. The summed E-state index contributed by atoms with van der Waals surface area (Å²) in [6.07, 6.45) is 1.18. The SMILES string of the molecule is CNC(c1ccc(C(C)(C)C)cc1)C1Cc2ccccc21. The first kappa shape index (κ1) is 14.3. The van der Waals surface area contributed by atoms with Crippen LogP contribution in [0.25, 0.3) is 0 Å². The highest BCUT2D eigenvalue weighted by Gasteiger charge is 2.32. The van der Waals surface area contributed by atoms with Gasteiger partial charge in [-0.3, -0.25) is 0 Å². The van der Waals surface area contributed by atoms with E-state index in [0.29, 0.717) is 12.0 Å². The van der Waals surface area contributed by atoms with Crippen molar-refractivity contribution in [2.45, 2.75) is 44.6 Å². The van der Waals surface area contributed by atoms with E-state index in [1.807, 2.05) is 0 Å². The molecule has 2 unspecified atom stereocenters. The summed E-state index contributed by atoms with van der Waals surface area (Å²) in [5, 5.41) is 3.52. The minimum Gasteiger partial charge on any atom is -0.312 e. The fourth-order valence-electron chi connectivity index (χ4n) is 3.39. The van der Waals surface area contributed by atoms with Crippen molar-refractivity contribution in [2.75, 3.05) is 7.05 Å². The van der Waals surface area contributed by atoms with E-state index in [4.69, 9.17) is 0 Å². The van der Waals surface area contributed by atoms with Gasteiger partial charge in [0.05, 0.1) is 0 Å². The van der Waals surface area contributed by atoms with Crippen LogP contribution >= 0.6 is 0 Å². The van der Waals surface area contributed by atoms with Gasteiger partial charge in [-0.1, -0.05) is 69.3 Å². The molecule has 0 aromatic heterocycles. The molecule has 0 bridgehead atoms. The number of fused-ring (bicyclic) bond motifs is 1. The van der Waals surface area contributed by atoms with Gasteiger partial charge in [-0.25, -0.2) is 0 Å². The van der Waals surface area contributed by atoms with Gasteiger partial charge in [-0.2, -0.15) is 0 Å². The van der Waals surface area contributed by atoms with Crippen LogP contribution in [0.4, 0.5) is 0 Å². The van der Waals surface area contributed by atoms with E-state index in [1.165, 1.54) is 28.7 Å². The summed E-state index contributed by atoms with van der Waals surface area (Å²) in [5.41, 5.74) is 6.03. The van der Waals surface area contributed by atoms with Gasteiger partial charge in [0.15, 0.2) is 0 Å². The van der Waals surface area contributed by atoms with Gasteiger partial charge >= 0.3 is 0 Å². The third-order valence-corrected chi connectivity index (χ3v) is 4.74. The van der Waals surface area contributed by atoms with Gasteiger partial charge in [-0.15, -0.1) is 0 Å². The summed E-state index contributed by atoms with van der Waals surface area (Å²) in [7, 11) is 2.07. The maximum Gasteiger partial charge on any atom is 0.0390 e. The molecule has 0 saturated heterocycles. The van der Waals surface area contributed by atoms with E-state index in [1.54, 1.807) is 0 Å². The zero-order chi connectivity index (χ0) is 15.0. The second-order valence-electron chi connectivity index (χ2n) is 7.15. The standard InChI is InChI=1S/C20H25N/c1-20(2,3)16-11-9-14(10-12-16)19(21-4)18-13-15-7-5-6-8-17(15)18/h5-12,18-19,21H,13H2,1-4H3. The Kier molecular flexibility index (Phi) is 3.62. The highest BCUT2D eigenvalue weighted by Crippen LogP contribution is 2.43. The molecule has 0 amide bonds. The van der Waals surface area contributed by atoms with Gasteiger partial charge in [-0.05, 0) is 41.1 Å². The molecule has 0 saturated carbocycles. The Labute approximate surface area is 128 Å². The summed E-state index contributed by atoms with van der Waals surface area (Å²) >= 11 is 0. The molecular weight excluding hydrogens is 254 g/mol. The van der Waals surface area contributed by atoms with Crippen LogP contribution < -0.4 is 5.32 Å². The Hall–Kier alpha value is -1.60. The maximum atomic E-state index is 3.52. The maximum absolute atomic E-state index is 3.52. The first-order valence-electron chi connectivity index (χ1n) is 7.86. The molecule has 110 valence electrons. The topological polar surface area (TPSA) is 12.0 Å². The monoisotopic (exact) mass is 279 g/mol. The summed E-state index contributed by atoms with van der Waals surface area (Å²) < 4.78 is 0. The predicted octanol–water partition coefficient (Wildman–Crippen LogP) is 4.58. The average molecular weight is 279 g/mol. The molecule has 21 heavy (non-hydrogen) atoms. The smallest absolute Gasteiger partial charge is 0.0390 e. The van der Waals surface area contributed by atoms with Crippen molar-refractivity contribution in [1.29, 1.82) is 0 Å². The molecule has 0 heterocycles. The van der Waals surface area contributed by atoms with Crippen molar-refractivity contribution in [2.24, 2.45) is 0 Å². The minimum atomic E-state index is 0.219. The van der Waals surface area contributed by atoms with E-state index in [-0.39, 0.29) is 5.41 Å². The van der Waals surface area contributed by atoms with Gasteiger partial charge in [0.2, 0.25) is 0 Å². The van der Waals surface area contributed by atoms with E-state index >= 15 is 0 Å². The fraction of sp³-hybridized carbons (Fsp3) is 0.400.